The van der Waals surface area contributed by atoms with Crippen molar-refractivity contribution in [3.8, 4) is 0 Å². The molecule has 0 saturated carbocycles. The first-order valence-corrected chi connectivity index (χ1v) is 6.34. The predicted molar refractivity (Wildman–Crippen MR) is 67.6 cm³/mol. The molecule has 3 atom stereocenters. The fourth-order valence-electron chi connectivity index (χ4n) is 2.02. The molecule has 0 spiro atoms. The van der Waals surface area contributed by atoms with E-state index in [9.17, 15) is 0 Å². The Bertz CT molecular complexity index is 197. The van der Waals surface area contributed by atoms with Crippen molar-refractivity contribution in [1.82, 2.24) is 10.6 Å². The van der Waals surface area contributed by atoms with Crippen LogP contribution in [0.3, 0.4) is 0 Å². The summed E-state index contributed by atoms with van der Waals surface area (Å²) in [6, 6.07) is 0.212. The minimum absolute atomic E-state index is 0.123. The van der Waals surface area contributed by atoms with Crippen LogP contribution < -0.4 is 27.8 Å². The van der Waals surface area contributed by atoms with Gasteiger partial charge in [-0.1, -0.05) is 6.42 Å². The maximum atomic E-state index is 6.20. The Kier molecular flexibility index (Phi) is 5.64. The van der Waals surface area contributed by atoms with Gasteiger partial charge in [-0.3, -0.25) is 16.4 Å². The fraction of sp³-hybridized carbons (Fsp3) is 1.00. The highest BCUT2D eigenvalue weighted by Crippen LogP contribution is 2.07. The Balaban J connectivity index is 2.49. The van der Waals surface area contributed by atoms with E-state index in [1.54, 1.807) is 0 Å². The first kappa shape index (κ1) is 13.9. The molecule has 0 aliphatic carbocycles. The smallest absolute Gasteiger partial charge is 0.136 e. The van der Waals surface area contributed by atoms with Gasteiger partial charge in [-0.25, -0.2) is 0 Å². The monoisotopic (exact) mass is 229 g/mol. The molecule has 0 amide bonds. The van der Waals surface area contributed by atoms with Crippen molar-refractivity contribution in [2.75, 3.05) is 13.1 Å². The second kappa shape index (κ2) is 6.51. The lowest BCUT2D eigenvalue weighted by Gasteiger charge is -2.35. The van der Waals surface area contributed by atoms with Crippen LogP contribution in [-0.2, 0) is 0 Å². The Morgan fingerprint density at radius 1 is 1.12 bits per heavy atom. The second-order valence-corrected chi connectivity index (χ2v) is 4.91. The fourth-order valence-corrected chi connectivity index (χ4v) is 2.02. The van der Waals surface area contributed by atoms with Crippen LogP contribution >= 0.6 is 0 Å². The molecule has 5 nitrogen and oxygen atoms in total. The zero-order chi connectivity index (χ0) is 12.0. The third-order valence-electron chi connectivity index (χ3n) is 3.31. The van der Waals surface area contributed by atoms with Gasteiger partial charge in [-0.05, 0) is 45.7 Å². The van der Waals surface area contributed by atoms with E-state index in [-0.39, 0.29) is 6.04 Å². The van der Waals surface area contributed by atoms with Crippen molar-refractivity contribution in [2.45, 2.75) is 56.9 Å². The summed E-state index contributed by atoms with van der Waals surface area (Å²) >= 11 is 0. The quantitative estimate of drug-likeness (QED) is 0.414. The van der Waals surface area contributed by atoms with Gasteiger partial charge in [0.25, 0.3) is 0 Å². The maximum absolute atomic E-state index is 6.20. The Labute approximate surface area is 98.5 Å². The molecule has 0 bridgehead atoms. The number of rotatable bonds is 1. The largest absolute Gasteiger partial charge is 0.328 e. The molecule has 8 N–H and O–H groups in total. The first-order valence-electron chi connectivity index (χ1n) is 6.34. The molecule has 1 fully saturated rings. The SMILES string of the molecule is CC(N)C1(N)NCCCCC(N)CCCN1. The molecular weight excluding hydrogens is 202 g/mol. The van der Waals surface area contributed by atoms with Gasteiger partial charge >= 0.3 is 0 Å². The average Bonchev–Trinajstić information content (AvgIpc) is 2.26. The van der Waals surface area contributed by atoms with Crippen molar-refractivity contribution in [3.63, 3.8) is 0 Å². The zero-order valence-corrected chi connectivity index (χ0v) is 10.3. The van der Waals surface area contributed by atoms with Gasteiger partial charge in [0, 0.05) is 12.1 Å². The molecule has 3 unspecified atom stereocenters. The molecule has 0 radical (unpaired) electrons. The van der Waals surface area contributed by atoms with Crippen LogP contribution in [0.5, 0.6) is 0 Å². The molecule has 1 heterocycles. The van der Waals surface area contributed by atoms with Crippen LogP contribution in [0.15, 0.2) is 0 Å². The van der Waals surface area contributed by atoms with Gasteiger partial charge in [0.2, 0.25) is 0 Å². The first-order chi connectivity index (χ1) is 7.54. The minimum Gasteiger partial charge on any atom is -0.328 e. The second-order valence-electron chi connectivity index (χ2n) is 4.91. The highest BCUT2D eigenvalue weighted by molar-refractivity contribution is 4.87. The van der Waals surface area contributed by atoms with E-state index in [2.05, 4.69) is 10.6 Å². The standard InChI is InChI=1S/C11H27N5/c1-9(12)11(14)15-7-3-2-5-10(13)6-4-8-16-11/h9-10,15-16H,2-8,12-14H2,1H3. The molecule has 0 aromatic carbocycles. The Morgan fingerprint density at radius 3 is 2.31 bits per heavy atom. The third kappa shape index (κ3) is 4.35. The number of hydrogen-bond donors (Lipinski definition) is 5. The van der Waals surface area contributed by atoms with Crippen LogP contribution in [0.2, 0.25) is 0 Å². The van der Waals surface area contributed by atoms with Crippen molar-refractivity contribution in [1.29, 1.82) is 0 Å². The van der Waals surface area contributed by atoms with E-state index in [0.717, 1.165) is 45.2 Å². The highest BCUT2D eigenvalue weighted by Gasteiger charge is 2.28. The number of nitrogens with two attached hydrogens (primary N) is 3. The lowest BCUT2D eigenvalue weighted by molar-refractivity contribution is 0.223. The Morgan fingerprint density at radius 2 is 1.69 bits per heavy atom. The molecule has 1 rings (SSSR count). The van der Waals surface area contributed by atoms with Crippen molar-refractivity contribution in [3.05, 3.63) is 0 Å². The molecule has 1 aliphatic rings. The topological polar surface area (TPSA) is 102 Å². The van der Waals surface area contributed by atoms with Crippen LogP contribution in [0, 0.1) is 0 Å². The molecular formula is C11H27N5. The van der Waals surface area contributed by atoms with Crippen LogP contribution in [0.25, 0.3) is 0 Å². The number of hydrogen-bond acceptors (Lipinski definition) is 5. The summed E-state index contributed by atoms with van der Waals surface area (Å²) in [5.74, 6) is -0.644. The van der Waals surface area contributed by atoms with E-state index in [1.807, 2.05) is 6.92 Å². The summed E-state index contributed by atoms with van der Waals surface area (Å²) in [5.41, 5.74) is 18.1. The molecule has 0 aromatic rings. The molecule has 0 aromatic heterocycles. The van der Waals surface area contributed by atoms with Crippen LogP contribution in [0.1, 0.15) is 39.0 Å². The van der Waals surface area contributed by atoms with Gasteiger partial charge in [0.1, 0.15) is 5.79 Å². The lowest BCUT2D eigenvalue weighted by Crippen LogP contribution is -2.72. The van der Waals surface area contributed by atoms with E-state index in [0.29, 0.717) is 6.04 Å². The highest BCUT2D eigenvalue weighted by atomic mass is 15.3. The number of nitrogens with one attached hydrogen (secondary N) is 2. The third-order valence-corrected chi connectivity index (χ3v) is 3.31. The van der Waals surface area contributed by atoms with E-state index in [4.69, 9.17) is 17.2 Å². The van der Waals surface area contributed by atoms with Crippen molar-refractivity contribution >= 4 is 0 Å². The summed E-state index contributed by atoms with van der Waals surface area (Å²) < 4.78 is 0. The van der Waals surface area contributed by atoms with Crippen molar-refractivity contribution < 1.29 is 0 Å². The maximum Gasteiger partial charge on any atom is 0.136 e. The van der Waals surface area contributed by atoms with Gasteiger partial charge in [-0.15, -0.1) is 0 Å². The molecule has 5 heteroatoms. The molecule has 96 valence electrons. The molecule has 1 saturated heterocycles. The summed E-state index contributed by atoms with van der Waals surface area (Å²) in [4.78, 5) is 0. The lowest BCUT2D eigenvalue weighted by atomic mass is 10.1. The van der Waals surface area contributed by atoms with Gasteiger partial charge in [0.05, 0.1) is 0 Å². The minimum atomic E-state index is -0.644. The zero-order valence-electron chi connectivity index (χ0n) is 10.3. The van der Waals surface area contributed by atoms with Gasteiger partial charge in [-0.2, -0.15) is 0 Å². The predicted octanol–water partition coefficient (Wildman–Crippen LogP) is -0.583. The summed E-state index contributed by atoms with van der Waals surface area (Å²) in [6.45, 7) is 3.67. The summed E-state index contributed by atoms with van der Waals surface area (Å²) in [6.07, 6.45) is 5.47. The van der Waals surface area contributed by atoms with E-state index >= 15 is 0 Å². The van der Waals surface area contributed by atoms with Crippen molar-refractivity contribution in [2.24, 2.45) is 17.2 Å². The molecule has 1 aliphatic heterocycles. The summed E-state index contributed by atoms with van der Waals surface area (Å²) in [5, 5.41) is 6.61. The van der Waals surface area contributed by atoms with E-state index in [1.165, 1.54) is 0 Å². The van der Waals surface area contributed by atoms with Gasteiger partial charge < -0.3 is 11.5 Å². The average molecular weight is 229 g/mol. The normalized spacial score (nSPS) is 36.4. The Hall–Kier alpha value is -0.200. The van der Waals surface area contributed by atoms with E-state index < -0.39 is 5.79 Å². The van der Waals surface area contributed by atoms with Crippen LogP contribution in [-0.4, -0.2) is 31.0 Å². The van der Waals surface area contributed by atoms with Crippen LogP contribution in [0.4, 0.5) is 0 Å². The summed E-state index contributed by atoms with van der Waals surface area (Å²) in [7, 11) is 0. The van der Waals surface area contributed by atoms with Gasteiger partial charge in [0.15, 0.2) is 0 Å². The molecule has 16 heavy (non-hydrogen) atoms.